The highest BCUT2D eigenvalue weighted by Crippen LogP contribution is 2.31. The highest BCUT2D eigenvalue weighted by molar-refractivity contribution is 5.38. The molecule has 0 saturated heterocycles. The van der Waals surface area contributed by atoms with Gasteiger partial charge in [-0.25, -0.2) is 4.68 Å². The third-order valence-electron chi connectivity index (χ3n) is 2.29. The van der Waals surface area contributed by atoms with Crippen LogP contribution in [-0.2, 0) is 6.54 Å². The number of alkyl halides is 3. The zero-order valence-corrected chi connectivity index (χ0v) is 7.60. The summed E-state index contributed by atoms with van der Waals surface area (Å²) in [4.78, 5) is 0. The van der Waals surface area contributed by atoms with E-state index in [0.717, 1.165) is 5.69 Å². The van der Waals surface area contributed by atoms with Gasteiger partial charge in [-0.05, 0) is 6.92 Å². The first-order valence-corrected chi connectivity index (χ1v) is 4.32. The van der Waals surface area contributed by atoms with E-state index in [1.54, 1.807) is 13.0 Å². The molecule has 1 aromatic rings. The predicted molar refractivity (Wildman–Crippen MR) is 45.0 cm³/mol. The van der Waals surface area contributed by atoms with Gasteiger partial charge in [0.15, 0.2) is 0 Å². The highest BCUT2D eigenvalue weighted by atomic mass is 19.4. The fourth-order valence-electron chi connectivity index (χ4n) is 1.55. The van der Waals surface area contributed by atoms with Crippen LogP contribution in [0.4, 0.5) is 19.0 Å². The van der Waals surface area contributed by atoms with Crippen molar-refractivity contribution < 1.29 is 13.2 Å². The second kappa shape index (κ2) is 2.90. The van der Waals surface area contributed by atoms with Crippen LogP contribution in [0, 0.1) is 12.8 Å². The molecule has 6 heteroatoms. The first kappa shape index (κ1) is 9.36. The van der Waals surface area contributed by atoms with Crippen molar-refractivity contribution >= 4 is 5.82 Å². The van der Waals surface area contributed by atoms with E-state index < -0.39 is 12.1 Å². The van der Waals surface area contributed by atoms with Gasteiger partial charge in [0.2, 0.25) is 0 Å². The Kier molecular flexibility index (Phi) is 1.94. The minimum atomic E-state index is -4.15. The maximum Gasteiger partial charge on any atom is 0.395 e. The molecule has 0 bridgehead atoms. The highest BCUT2D eigenvalue weighted by Gasteiger charge is 2.41. The van der Waals surface area contributed by atoms with Crippen LogP contribution in [0.3, 0.4) is 0 Å². The molecule has 0 aliphatic carbocycles. The van der Waals surface area contributed by atoms with E-state index in [1.807, 2.05) is 0 Å². The molecular formula is C8H10F3N3. The second-order valence-electron chi connectivity index (χ2n) is 3.47. The molecule has 2 rings (SSSR count). The zero-order chi connectivity index (χ0) is 10.3. The molecule has 0 radical (unpaired) electrons. The Bertz CT molecular complexity index is 342. The molecule has 1 atom stereocenters. The minimum Gasteiger partial charge on any atom is -0.370 e. The summed E-state index contributed by atoms with van der Waals surface area (Å²) in [5.74, 6) is -0.669. The van der Waals surface area contributed by atoms with Crippen molar-refractivity contribution in [2.45, 2.75) is 19.6 Å². The summed E-state index contributed by atoms with van der Waals surface area (Å²) in [5, 5.41) is 6.69. The fourth-order valence-corrected chi connectivity index (χ4v) is 1.55. The van der Waals surface area contributed by atoms with Gasteiger partial charge < -0.3 is 5.32 Å². The van der Waals surface area contributed by atoms with E-state index in [4.69, 9.17) is 0 Å². The quantitative estimate of drug-likeness (QED) is 0.699. The Morgan fingerprint density at radius 2 is 2.29 bits per heavy atom. The Hall–Kier alpha value is -1.20. The number of nitrogens with zero attached hydrogens (tertiary/aromatic N) is 2. The molecule has 1 aromatic heterocycles. The number of rotatable bonds is 0. The summed E-state index contributed by atoms with van der Waals surface area (Å²) in [7, 11) is 0. The van der Waals surface area contributed by atoms with Crippen molar-refractivity contribution in [1.82, 2.24) is 9.78 Å². The minimum absolute atomic E-state index is 0.0609. The molecule has 78 valence electrons. The number of hydrogen-bond acceptors (Lipinski definition) is 2. The zero-order valence-electron chi connectivity index (χ0n) is 7.60. The Morgan fingerprint density at radius 1 is 1.57 bits per heavy atom. The van der Waals surface area contributed by atoms with Crippen LogP contribution in [0.1, 0.15) is 5.69 Å². The van der Waals surface area contributed by atoms with Gasteiger partial charge in [0.05, 0.1) is 18.2 Å². The number of nitrogens with one attached hydrogen (secondary N) is 1. The summed E-state index contributed by atoms with van der Waals surface area (Å²) in [6.07, 6.45) is -4.15. The smallest absolute Gasteiger partial charge is 0.370 e. The lowest BCUT2D eigenvalue weighted by Crippen LogP contribution is -2.37. The van der Waals surface area contributed by atoms with Gasteiger partial charge in [0, 0.05) is 12.6 Å². The number of aryl methyl sites for hydroxylation is 1. The molecule has 0 aromatic carbocycles. The largest absolute Gasteiger partial charge is 0.395 e. The van der Waals surface area contributed by atoms with Crippen molar-refractivity contribution in [2.75, 3.05) is 11.9 Å². The number of fused-ring (bicyclic) bond motifs is 1. The fraction of sp³-hybridized carbons (Fsp3) is 0.625. The van der Waals surface area contributed by atoms with Crippen molar-refractivity contribution in [3.05, 3.63) is 11.8 Å². The van der Waals surface area contributed by atoms with E-state index >= 15 is 0 Å². The van der Waals surface area contributed by atoms with Gasteiger partial charge in [-0.15, -0.1) is 0 Å². The van der Waals surface area contributed by atoms with Gasteiger partial charge >= 0.3 is 6.18 Å². The van der Waals surface area contributed by atoms with Gasteiger partial charge in [-0.3, -0.25) is 0 Å². The number of aromatic nitrogens is 2. The number of halogens is 3. The third-order valence-corrected chi connectivity index (χ3v) is 2.29. The molecule has 0 spiro atoms. The molecular weight excluding hydrogens is 195 g/mol. The van der Waals surface area contributed by atoms with Crippen LogP contribution in [0.25, 0.3) is 0 Å². The molecule has 0 fully saturated rings. The SMILES string of the molecule is Cc1cc2n(n1)C[C@@H](C(F)(F)F)CN2. The molecule has 0 amide bonds. The monoisotopic (exact) mass is 205 g/mol. The van der Waals surface area contributed by atoms with E-state index in [-0.39, 0.29) is 13.1 Å². The van der Waals surface area contributed by atoms with Crippen LogP contribution in [0.15, 0.2) is 6.07 Å². The average molecular weight is 205 g/mol. The molecule has 1 N–H and O–H groups in total. The molecule has 0 unspecified atom stereocenters. The van der Waals surface area contributed by atoms with Gasteiger partial charge in [0.1, 0.15) is 5.82 Å². The van der Waals surface area contributed by atoms with Crippen molar-refractivity contribution in [1.29, 1.82) is 0 Å². The molecule has 0 saturated carbocycles. The first-order chi connectivity index (χ1) is 6.47. The Labute approximate surface area is 78.9 Å². The summed E-state index contributed by atoms with van der Waals surface area (Å²) in [6.45, 7) is 1.61. The van der Waals surface area contributed by atoms with Gasteiger partial charge in [-0.1, -0.05) is 0 Å². The Balaban J connectivity index is 2.21. The topological polar surface area (TPSA) is 29.9 Å². The average Bonchev–Trinajstić information content (AvgIpc) is 2.41. The summed E-state index contributed by atoms with van der Waals surface area (Å²) < 4.78 is 38.5. The second-order valence-corrected chi connectivity index (χ2v) is 3.47. The van der Waals surface area contributed by atoms with E-state index in [9.17, 15) is 13.2 Å². The van der Waals surface area contributed by atoms with E-state index in [2.05, 4.69) is 10.4 Å². The molecule has 3 nitrogen and oxygen atoms in total. The van der Waals surface area contributed by atoms with Crippen molar-refractivity contribution in [2.24, 2.45) is 5.92 Å². The van der Waals surface area contributed by atoms with Gasteiger partial charge in [-0.2, -0.15) is 18.3 Å². The van der Waals surface area contributed by atoms with Crippen LogP contribution in [0.5, 0.6) is 0 Å². The lowest BCUT2D eigenvalue weighted by molar-refractivity contribution is -0.175. The lowest BCUT2D eigenvalue weighted by Gasteiger charge is -2.26. The van der Waals surface area contributed by atoms with Crippen LogP contribution in [-0.4, -0.2) is 22.5 Å². The summed E-state index contributed by atoms with van der Waals surface area (Å²) >= 11 is 0. The summed E-state index contributed by atoms with van der Waals surface area (Å²) in [6, 6.07) is 1.74. The van der Waals surface area contributed by atoms with Crippen LogP contribution in [0.2, 0.25) is 0 Å². The van der Waals surface area contributed by atoms with Crippen molar-refractivity contribution in [3.63, 3.8) is 0 Å². The van der Waals surface area contributed by atoms with E-state index in [1.165, 1.54) is 4.68 Å². The third kappa shape index (κ3) is 1.56. The molecule has 1 aliphatic rings. The molecule has 2 heterocycles. The van der Waals surface area contributed by atoms with Crippen molar-refractivity contribution in [3.8, 4) is 0 Å². The maximum absolute atomic E-state index is 12.4. The normalized spacial score (nSPS) is 21.6. The number of anilines is 1. The number of hydrogen-bond donors (Lipinski definition) is 1. The van der Waals surface area contributed by atoms with Crippen LogP contribution < -0.4 is 5.32 Å². The molecule has 1 aliphatic heterocycles. The standard InChI is InChI=1S/C8H10F3N3/c1-5-2-7-12-3-6(8(9,10)11)4-14(7)13-5/h2,6,12H,3-4H2,1H3/t6-/m0/s1. The van der Waals surface area contributed by atoms with Crippen LogP contribution >= 0.6 is 0 Å². The Morgan fingerprint density at radius 3 is 2.93 bits per heavy atom. The van der Waals surface area contributed by atoms with E-state index in [0.29, 0.717) is 5.82 Å². The maximum atomic E-state index is 12.4. The van der Waals surface area contributed by atoms with Gasteiger partial charge in [0.25, 0.3) is 0 Å². The molecule has 14 heavy (non-hydrogen) atoms. The lowest BCUT2D eigenvalue weighted by atomic mass is 10.1. The predicted octanol–water partition coefficient (Wildman–Crippen LogP) is 1.80. The summed E-state index contributed by atoms with van der Waals surface area (Å²) in [5.41, 5.74) is 0.732. The first-order valence-electron chi connectivity index (χ1n) is 4.32.